The number of aromatic hydroxyl groups is 1. The van der Waals surface area contributed by atoms with E-state index in [4.69, 9.17) is 23.2 Å². The molecule has 0 atom stereocenters. The molecule has 23 heavy (non-hydrogen) atoms. The van der Waals surface area contributed by atoms with Gasteiger partial charge in [-0.25, -0.2) is 0 Å². The number of nitrogens with zero attached hydrogens (tertiary/aromatic N) is 3. The number of phenolic OH excluding ortho intramolecular Hbond substituents is 1. The van der Waals surface area contributed by atoms with E-state index in [1.807, 2.05) is 19.0 Å². The number of phenols is 1. The minimum absolute atomic E-state index is 0.134. The van der Waals surface area contributed by atoms with Gasteiger partial charge in [0.05, 0.1) is 16.3 Å². The van der Waals surface area contributed by atoms with Gasteiger partial charge in [-0.05, 0) is 24.3 Å². The van der Waals surface area contributed by atoms with Crippen LogP contribution in [0.2, 0.25) is 10.0 Å². The van der Waals surface area contributed by atoms with Gasteiger partial charge in [0, 0.05) is 42.0 Å². The highest BCUT2D eigenvalue weighted by molar-refractivity contribution is 6.31. The average Bonchev–Trinajstić information content (AvgIpc) is 2.47. The van der Waals surface area contributed by atoms with Gasteiger partial charge in [-0.3, -0.25) is 15.1 Å². The molecule has 2 aromatic carbocycles. The van der Waals surface area contributed by atoms with Gasteiger partial charge < -0.3 is 10.0 Å². The Labute approximate surface area is 142 Å². The van der Waals surface area contributed by atoms with Crippen molar-refractivity contribution < 1.29 is 10.0 Å². The molecule has 0 saturated carbocycles. The molecule has 0 saturated heterocycles. The third kappa shape index (κ3) is 3.91. The molecule has 2 aromatic rings. The number of hydrogen-bond acceptors (Lipinski definition) is 5. The molecule has 120 valence electrons. The number of anilines is 1. The highest BCUT2D eigenvalue weighted by Crippen LogP contribution is 2.34. The molecule has 0 amide bonds. The first-order valence-corrected chi connectivity index (χ1v) is 7.23. The summed E-state index contributed by atoms with van der Waals surface area (Å²) in [6, 6.07) is 7.67. The first-order valence-electron chi connectivity index (χ1n) is 6.47. The lowest BCUT2D eigenvalue weighted by Gasteiger charge is -2.15. The molecule has 0 unspecified atom stereocenters. The predicted octanol–water partition coefficient (Wildman–Crippen LogP) is 4.42. The van der Waals surface area contributed by atoms with Crippen LogP contribution in [0.25, 0.3) is 0 Å². The molecule has 0 spiro atoms. The summed E-state index contributed by atoms with van der Waals surface area (Å²) in [7, 11) is 3.70. The largest absolute Gasteiger partial charge is 0.502 e. The van der Waals surface area contributed by atoms with Crippen LogP contribution in [0.3, 0.4) is 0 Å². The molecule has 8 heteroatoms. The van der Waals surface area contributed by atoms with E-state index in [0.29, 0.717) is 10.7 Å². The maximum Gasteiger partial charge on any atom is 0.312 e. The lowest BCUT2D eigenvalue weighted by molar-refractivity contribution is -0.385. The number of benzene rings is 2. The Balaban J connectivity index is 2.49. The fraction of sp³-hybridized carbons (Fsp3) is 0.133. The summed E-state index contributed by atoms with van der Waals surface area (Å²) in [5.74, 6) is -0.489. The van der Waals surface area contributed by atoms with Crippen LogP contribution < -0.4 is 4.90 Å². The van der Waals surface area contributed by atoms with E-state index in [0.717, 1.165) is 11.8 Å². The number of nitro benzene ring substituents is 1. The quantitative estimate of drug-likeness (QED) is 0.501. The highest BCUT2D eigenvalue weighted by Gasteiger charge is 2.17. The predicted molar refractivity (Wildman–Crippen MR) is 92.8 cm³/mol. The Morgan fingerprint density at radius 1 is 1.22 bits per heavy atom. The Hall–Kier alpha value is -2.31. The monoisotopic (exact) mass is 353 g/mol. The summed E-state index contributed by atoms with van der Waals surface area (Å²) >= 11 is 11.8. The van der Waals surface area contributed by atoms with Gasteiger partial charge in [0.1, 0.15) is 0 Å². The molecule has 0 aliphatic heterocycles. The molecule has 6 nitrogen and oxygen atoms in total. The molecule has 0 bridgehead atoms. The molecule has 0 radical (unpaired) electrons. The second-order valence-corrected chi connectivity index (χ2v) is 5.78. The van der Waals surface area contributed by atoms with E-state index in [1.54, 1.807) is 18.2 Å². The molecular formula is C15H13Cl2N3O3. The lowest BCUT2D eigenvalue weighted by Crippen LogP contribution is -2.08. The summed E-state index contributed by atoms with van der Waals surface area (Å²) in [6.07, 6.45) is 1.31. The molecule has 2 rings (SSSR count). The standard InChI is InChI=1S/C15H13Cl2N3O3/c1-19(2)13-4-3-10(16)6-12(13)18-8-9-5-11(17)7-14(15(9)21)20(22)23/h3-8,21H,1-2H3. The van der Waals surface area contributed by atoms with Crippen LogP contribution in [0.1, 0.15) is 5.56 Å². The van der Waals surface area contributed by atoms with Gasteiger partial charge in [0.25, 0.3) is 0 Å². The maximum absolute atomic E-state index is 10.9. The SMILES string of the molecule is CN(C)c1ccc(Cl)cc1N=Cc1cc(Cl)cc([N+](=O)[O-])c1O. The van der Waals surface area contributed by atoms with Gasteiger partial charge in [-0.15, -0.1) is 0 Å². The molecule has 0 heterocycles. The average molecular weight is 354 g/mol. The molecule has 1 N–H and O–H groups in total. The second kappa shape index (κ2) is 6.85. The summed E-state index contributed by atoms with van der Waals surface area (Å²) in [4.78, 5) is 16.3. The Morgan fingerprint density at radius 3 is 2.52 bits per heavy atom. The third-order valence-corrected chi connectivity index (χ3v) is 3.50. The van der Waals surface area contributed by atoms with Gasteiger partial charge in [0.15, 0.2) is 0 Å². The van der Waals surface area contributed by atoms with Crippen LogP contribution in [0.15, 0.2) is 35.3 Å². The first-order chi connectivity index (χ1) is 10.8. The number of hydrogen-bond donors (Lipinski definition) is 1. The van der Waals surface area contributed by atoms with Crippen molar-refractivity contribution in [1.29, 1.82) is 0 Å². The third-order valence-electron chi connectivity index (χ3n) is 3.04. The minimum Gasteiger partial charge on any atom is -0.502 e. The minimum atomic E-state index is -0.705. The fourth-order valence-electron chi connectivity index (χ4n) is 1.96. The van der Waals surface area contributed by atoms with Crippen molar-refractivity contribution in [3.8, 4) is 5.75 Å². The van der Waals surface area contributed by atoms with Crippen molar-refractivity contribution in [2.45, 2.75) is 0 Å². The van der Waals surface area contributed by atoms with Crippen molar-refractivity contribution in [2.75, 3.05) is 19.0 Å². The summed E-state index contributed by atoms with van der Waals surface area (Å²) in [5.41, 5.74) is 1.04. The van der Waals surface area contributed by atoms with Gasteiger partial charge in [-0.2, -0.15) is 0 Å². The van der Waals surface area contributed by atoms with E-state index in [9.17, 15) is 15.2 Å². The maximum atomic E-state index is 10.9. The van der Waals surface area contributed by atoms with E-state index in [1.165, 1.54) is 12.3 Å². The van der Waals surface area contributed by atoms with E-state index in [2.05, 4.69) is 4.99 Å². The van der Waals surface area contributed by atoms with Crippen molar-refractivity contribution in [3.63, 3.8) is 0 Å². The molecular weight excluding hydrogens is 341 g/mol. The van der Waals surface area contributed by atoms with E-state index >= 15 is 0 Å². The topological polar surface area (TPSA) is 79.0 Å². The van der Waals surface area contributed by atoms with E-state index < -0.39 is 16.4 Å². The van der Waals surface area contributed by atoms with Crippen LogP contribution in [-0.4, -0.2) is 30.3 Å². The zero-order valence-corrected chi connectivity index (χ0v) is 13.8. The van der Waals surface area contributed by atoms with Gasteiger partial charge >= 0.3 is 5.69 Å². The fourth-order valence-corrected chi connectivity index (χ4v) is 2.35. The van der Waals surface area contributed by atoms with Crippen molar-refractivity contribution in [1.82, 2.24) is 0 Å². The van der Waals surface area contributed by atoms with Crippen LogP contribution in [0.5, 0.6) is 5.75 Å². The molecule has 0 fully saturated rings. The van der Waals surface area contributed by atoms with Crippen molar-refractivity contribution in [2.24, 2.45) is 4.99 Å². The summed E-state index contributed by atoms with van der Waals surface area (Å²) in [6.45, 7) is 0. The molecule has 0 aromatic heterocycles. The lowest BCUT2D eigenvalue weighted by atomic mass is 10.2. The van der Waals surface area contributed by atoms with E-state index in [-0.39, 0.29) is 10.6 Å². The van der Waals surface area contributed by atoms with Crippen molar-refractivity contribution >= 4 is 46.5 Å². The van der Waals surface area contributed by atoms with Gasteiger partial charge in [0.2, 0.25) is 5.75 Å². The van der Waals surface area contributed by atoms with Crippen LogP contribution in [0.4, 0.5) is 17.1 Å². The van der Waals surface area contributed by atoms with Crippen LogP contribution >= 0.6 is 23.2 Å². The van der Waals surface area contributed by atoms with Gasteiger partial charge in [-0.1, -0.05) is 23.2 Å². The van der Waals surface area contributed by atoms with Crippen molar-refractivity contribution in [3.05, 3.63) is 56.1 Å². The normalized spacial score (nSPS) is 11.0. The Morgan fingerprint density at radius 2 is 1.91 bits per heavy atom. The number of nitro groups is 1. The summed E-state index contributed by atoms with van der Waals surface area (Å²) in [5, 5.41) is 21.5. The zero-order chi connectivity index (χ0) is 17.1. The highest BCUT2D eigenvalue weighted by atomic mass is 35.5. The Kier molecular flexibility index (Phi) is 5.08. The number of aliphatic imine (C=N–C) groups is 1. The zero-order valence-electron chi connectivity index (χ0n) is 12.3. The number of halogens is 2. The number of rotatable bonds is 4. The molecule has 0 aliphatic carbocycles. The molecule has 0 aliphatic rings. The first kappa shape index (κ1) is 17.1. The Bertz CT molecular complexity index is 792. The van der Waals surface area contributed by atoms with Crippen LogP contribution in [0, 0.1) is 10.1 Å². The summed E-state index contributed by atoms with van der Waals surface area (Å²) < 4.78 is 0. The van der Waals surface area contributed by atoms with Crippen LogP contribution in [-0.2, 0) is 0 Å². The second-order valence-electron chi connectivity index (χ2n) is 4.91. The smallest absolute Gasteiger partial charge is 0.312 e.